The molecule has 0 aliphatic carbocycles. The van der Waals surface area contributed by atoms with Crippen LogP contribution in [0.4, 0.5) is 0 Å². The fourth-order valence-electron chi connectivity index (χ4n) is 0.739. The molecule has 13 heavy (non-hydrogen) atoms. The fourth-order valence-corrected chi connectivity index (χ4v) is 0.739. The lowest BCUT2D eigenvalue weighted by Crippen LogP contribution is -2.29. The Bertz CT molecular complexity index is 224. The minimum atomic E-state index is -1.35. The molecule has 1 aromatic carbocycles. The van der Waals surface area contributed by atoms with E-state index < -0.39 is 7.12 Å². The van der Waals surface area contributed by atoms with Crippen LogP contribution in [0.5, 0.6) is 0 Å². The van der Waals surface area contributed by atoms with Gasteiger partial charge in [-0.3, -0.25) is 0 Å². The Hall–Kier alpha value is -0.810. The zero-order chi connectivity index (χ0) is 10.3. The molecule has 6 heteroatoms. The highest BCUT2D eigenvalue weighted by atomic mass is 16.4. The first-order valence-corrected chi connectivity index (χ1v) is 3.64. The molecule has 1 aromatic rings. The van der Waals surface area contributed by atoms with E-state index in [2.05, 4.69) is 0 Å². The summed E-state index contributed by atoms with van der Waals surface area (Å²) in [6.07, 6.45) is 0. The van der Waals surface area contributed by atoms with Crippen molar-refractivity contribution < 1.29 is 20.1 Å². The summed E-state index contributed by atoms with van der Waals surface area (Å²) < 4.78 is 0. The molecule has 0 atom stereocenters. The lowest BCUT2D eigenvalue weighted by molar-refractivity contribution is 0.425. The van der Waals surface area contributed by atoms with Gasteiger partial charge in [-0.15, -0.1) is 0 Å². The number of hydrogen-bond acceptors (Lipinski definition) is 4. The Kier molecular flexibility index (Phi) is 6.26. The highest BCUT2D eigenvalue weighted by Gasteiger charge is 2.08. The lowest BCUT2D eigenvalue weighted by atomic mass is 9.80. The summed E-state index contributed by atoms with van der Waals surface area (Å²) in [5, 5.41) is 31.3. The van der Waals surface area contributed by atoms with Crippen molar-refractivity contribution in [2.45, 2.75) is 6.92 Å². The van der Waals surface area contributed by atoms with Crippen LogP contribution in [-0.2, 0) is 0 Å². The Balaban J connectivity index is 0.000000424. The maximum atomic E-state index is 8.67. The van der Waals surface area contributed by atoms with Gasteiger partial charge in [0.1, 0.15) is 0 Å². The molecule has 0 aliphatic heterocycles. The van der Waals surface area contributed by atoms with Gasteiger partial charge >= 0.3 is 14.8 Å². The summed E-state index contributed by atoms with van der Waals surface area (Å²) in [6.45, 7) is 1.95. The van der Waals surface area contributed by atoms with Crippen molar-refractivity contribution >= 4 is 20.3 Å². The standard InChI is InChI=1S/C7H9BO2.BH2O2/c1-6-2-4-7(5-3-6)8(9)10;2-1-3/h2-5,9-10H,1H3;2-3H. The predicted molar refractivity (Wildman–Crippen MR) is 51.2 cm³/mol. The van der Waals surface area contributed by atoms with Crippen LogP contribution in [0.15, 0.2) is 24.3 Å². The molecule has 0 spiro atoms. The van der Waals surface area contributed by atoms with E-state index in [0.29, 0.717) is 5.46 Å². The number of benzene rings is 1. The Labute approximate surface area is 77.9 Å². The third-order valence-electron chi connectivity index (χ3n) is 1.38. The largest absolute Gasteiger partial charge is 0.488 e. The second kappa shape index (κ2) is 6.68. The molecule has 4 nitrogen and oxygen atoms in total. The van der Waals surface area contributed by atoms with Crippen molar-refractivity contribution in [3.05, 3.63) is 29.8 Å². The van der Waals surface area contributed by atoms with Gasteiger partial charge in [-0.25, -0.2) is 0 Å². The third kappa shape index (κ3) is 5.43. The summed E-state index contributed by atoms with van der Waals surface area (Å²) >= 11 is 0. The molecular weight excluding hydrogens is 170 g/mol. The van der Waals surface area contributed by atoms with Crippen molar-refractivity contribution in [2.75, 3.05) is 0 Å². The van der Waals surface area contributed by atoms with Crippen LogP contribution >= 0.6 is 0 Å². The molecule has 0 unspecified atom stereocenters. The van der Waals surface area contributed by atoms with Gasteiger partial charge in [0.15, 0.2) is 0 Å². The predicted octanol–water partition coefficient (Wildman–Crippen LogP) is -1.82. The zero-order valence-corrected chi connectivity index (χ0v) is 7.25. The van der Waals surface area contributed by atoms with Crippen LogP contribution in [0.1, 0.15) is 5.56 Å². The second-order valence-corrected chi connectivity index (χ2v) is 2.40. The first-order chi connectivity index (χ1) is 6.11. The van der Waals surface area contributed by atoms with Gasteiger partial charge in [0.05, 0.1) is 0 Å². The van der Waals surface area contributed by atoms with Crippen molar-refractivity contribution in [3.8, 4) is 0 Å². The van der Waals surface area contributed by atoms with E-state index in [1.54, 1.807) is 12.1 Å². The molecule has 4 N–H and O–H groups in total. The van der Waals surface area contributed by atoms with Crippen LogP contribution in [0.3, 0.4) is 0 Å². The quantitative estimate of drug-likeness (QED) is 0.384. The Morgan fingerprint density at radius 1 is 1.08 bits per heavy atom. The molecule has 1 radical (unpaired) electrons. The molecule has 0 aliphatic rings. The van der Waals surface area contributed by atoms with Crippen molar-refractivity contribution in [1.29, 1.82) is 0 Å². The molecule has 0 heterocycles. The lowest BCUT2D eigenvalue weighted by Gasteiger charge is -1.97. The first-order valence-electron chi connectivity index (χ1n) is 3.64. The number of hydrogen-bond donors (Lipinski definition) is 4. The van der Waals surface area contributed by atoms with E-state index in [1.165, 1.54) is 0 Å². The molecule has 69 valence electrons. The monoisotopic (exact) mass is 181 g/mol. The summed E-state index contributed by atoms with van der Waals surface area (Å²) in [5.74, 6) is 0. The van der Waals surface area contributed by atoms with Crippen LogP contribution < -0.4 is 5.46 Å². The van der Waals surface area contributed by atoms with Crippen molar-refractivity contribution in [2.24, 2.45) is 0 Å². The molecule has 0 aromatic heterocycles. The smallest absolute Gasteiger partial charge is 0.429 e. The topological polar surface area (TPSA) is 80.9 Å². The van der Waals surface area contributed by atoms with Crippen LogP contribution in [0.25, 0.3) is 0 Å². The highest BCUT2D eigenvalue weighted by Crippen LogP contribution is 1.92. The van der Waals surface area contributed by atoms with Crippen molar-refractivity contribution in [1.82, 2.24) is 0 Å². The molecule has 0 amide bonds. The summed E-state index contributed by atoms with van der Waals surface area (Å²) in [6, 6.07) is 7.07. The highest BCUT2D eigenvalue weighted by molar-refractivity contribution is 6.58. The van der Waals surface area contributed by atoms with Gasteiger partial charge < -0.3 is 20.1 Å². The summed E-state index contributed by atoms with van der Waals surface area (Å²) in [4.78, 5) is 0. The first kappa shape index (κ1) is 12.2. The Morgan fingerprint density at radius 2 is 1.46 bits per heavy atom. The SMILES string of the molecule is Cc1ccc(B(O)O)cc1.O[B]O. The fraction of sp³-hybridized carbons (Fsp3) is 0.143. The number of aryl methyl sites for hydroxylation is 1. The molecule has 0 saturated heterocycles. The van der Waals surface area contributed by atoms with E-state index >= 15 is 0 Å². The van der Waals surface area contributed by atoms with Gasteiger partial charge in [0.25, 0.3) is 0 Å². The summed E-state index contributed by atoms with van der Waals surface area (Å²) in [5.41, 5.74) is 1.65. The van der Waals surface area contributed by atoms with Gasteiger partial charge in [-0.05, 0) is 12.4 Å². The molecule has 0 saturated carbocycles. The maximum absolute atomic E-state index is 8.67. The normalized spacial score (nSPS) is 8.38. The average Bonchev–Trinajstić information content (AvgIpc) is 2.06. The maximum Gasteiger partial charge on any atom is 0.488 e. The van der Waals surface area contributed by atoms with Crippen LogP contribution in [-0.4, -0.2) is 34.9 Å². The van der Waals surface area contributed by atoms with Gasteiger partial charge in [0, 0.05) is 0 Å². The van der Waals surface area contributed by atoms with Gasteiger partial charge in [-0.2, -0.15) is 0 Å². The molecule has 0 bridgehead atoms. The minimum absolute atomic E-state index is 0. The van der Waals surface area contributed by atoms with Gasteiger partial charge in [-0.1, -0.05) is 29.8 Å². The van der Waals surface area contributed by atoms with Crippen LogP contribution in [0.2, 0.25) is 0 Å². The second-order valence-electron chi connectivity index (χ2n) is 2.40. The average molecular weight is 181 g/mol. The van der Waals surface area contributed by atoms with Crippen molar-refractivity contribution in [3.63, 3.8) is 0 Å². The van der Waals surface area contributed by atoms with E-state index in [4.69, 9.17) is 20.1 Å². The van der Waals surface area contributed by atoms with E-state index in [-0.39, 0.29) is 7.69 Å². The zero-order valence-electron chi connectivity index (χ0n) is 7.25. The van der Waals surface area contributed by atoms with E-state index in [0.717, 1.165) is 5.56 Å². The third-order valence-corrected chi connectivity index (χ3v) is 1.38. The van der Waals surface area contributed by atoms with E-state index in [9.17, 15) is 0 Å². The molecule has 1 rings (SSSR count). The van der Waals surface area contributed by atoms with E-state index in [1.807, 2.05) is 19.1 Å². The van der Waals surface area contributed by atoms with Crippen LogP contribution in [0, 0.1) is 6.92 Å². The summed E-state index contributed by atoms with van der Waals surface area (Å²) in [7, 11) is -1.35. The molecular formula is C7H11B2O4. The number of rotatable bonds is 1. The minimum Gasteiger partial charge on any atom is -0.429 e. The molecule has 0 fully saturated rings. The van der Waals surface area contributed by atoms with Gasteiger partial charge in [0.2, 0.25) is 0 Å². The Morgan fingerprint density at radius 3 is 1.77 bits per heavy atom.